The van der Waals surface area contributed by atoms with Crippen LogP contribution in [0, 0.1) is 13.8 Å². The Hall–Kier alpha value is -1.85. The highest BCUT2D eigenvalue weighted by Crippen LogP contribution is 2.14. The van der Waals surface area contributed by atoms with Crippen molar-refractivity contribution in [2.75, 3.05) is 18.1 Å². The summed E-state index contributed by atoms with van der Waals surface area (Å²) in [6, 6.07) is 0. The average Bonchev–Trinajstić information content (AvgIpc) is 2.38. The van der Waals surface area contributed by atoms with Gasteiger partial charge in [-0.25, -0.2) is 9.47 Å². The first-order chi connectivity index (χ1) is 9.50. The first-order valence-electron chi connectivity index (χ1n) is 7.07. The van der Waals surface area contributed by atoms with Crippen LogP contribution < -0.4 is 10.7 Å². The number of piperidine rings is 1. The van der Waals surface area contributed by atoms with Gasteiger partial charge in [0.05, 0.1) is 0 Å². The van der Waals surface area contributed by atoms with E-state index >= 15 is 0 Å². The molecule has 0 bridgehead atoms. The van der Waals surface area contributed by atoms with E-state index in [-0.39, 0.29) is 12.1 Å². The quantitative estimate of drug-likeness (QED) is 0.890. The molecule has 0 atom stereocenters. The van der Waals surface area contributed by atoms with Crippen molar-refractivity contribution in [2.45, 2.75) is 46.0 Å². The zero-order chi connectivity index (χ0) is 14.7. The molecule has 1 saturated heterocycles. The van der Waals surface area contributed by atoms with Gasteiger partial charge in [-0.2, -0.15) is 4.98 Å². The summed E-state index contributed by atoms with van der Waals surface area (Å²) in [5.74, 6) is -0.834. The highest BCUT2D eigenvalue weighted by Gasteiger charge is 2.18. The summed E-state index contributed by atoms with van der Waals surface area (Å²) in [5.41, 5.74) is 2.08. The number of rotatable bonds is 4. The van der Waals surface area contributed by atoms with Crippen LogP contribution in [0.25, 0.3) is 0 Å². The molecule has 1 aliphatic rings. The normalized spacial score (nSPS) is 15.4. The van der Waals surface area contributed by atoms with Crippen molar-refractivity contribution in [1.82, 2.24) is 9.66 Å². The number of aryl methyl sites for hydroxylation is 1. The van der Waals surface area contributed by atoms with Crippen LogP contribution in [0.4, 0.5) is 0 Å². The van der Waals surface area contributed by atoms with Crippen LogP contribution in [0.1, 0.15) is 42.6 Å². The van der Waals surface area contributed by atoms with E-state index in [1.165, 1.54) is 6.42 Å². The van der Waals surface area contributed by atoms with Gasteiger partial charge in [-0.15, -0.1) is 0 Å². The monoisotopic (exact) mass is 279 g/mol. The minimum Gasteiger partial charge on any atom is -0.481 e. The molecule has 0 saturated carbocycles. The summed E-state index contributed by atoms with van der Waals surface area (Å²) in [6.45, 7) is 5.35. The maximum absolute atomic E-state index is 12.1. The standard InChI is InChI=1S/C14H21N3O3/c1-10-12(6-7-13(18)19)11(2)17(14(20)15-10)16-8-4-3-5-9-16/h3-9H2,1-2H3,(H,18,19). The van der Waals surface area contributed by atoms with Gasteiger partial charge in [-0.1, -0.05) is 0 Å². The van der Waals surface area contributed by atoms with E-state index in [4.69, 9.17) is 5.11 Å². The van der Waals surface area contributed by atoms with Crippen molar-refractivity contribution in [3.8, 4) is 0 Å². The number of hydrogen-bond donors (Lipinski definition) is 1. The molecule has 0 amide bonds. The molecule has 0 aliphatic carbocycles. The molecule has 2 rings (SSSR count). The smallest absolute Gasteiger partial charge is 0.366 e. The van der Waals surface area contributed by atoms with E-state index in [0.29, 0.717) is 12.1 Å². The van der Waals surface area contributed by atoms with Gasteiger partial charge in [0.25, 0.3) is 0 Å². The third kappa shape index (κ3) is 3.00. The van der Waals surface area contributed by atoms with Crippen LogP contribution in [0.3, 0.4) is 0 Å². The number of carboxylic acids is 1. The number of hydrogen-bond acceptors (Lipinski definition) is 4. The van der Waals surface area contributed by atoms with Crippen LogP contribution >= 0.6 is 0 Å². The number of carbonyl (C=O) groups is 1. The zero-order valence-electron chi connectivity index (χ0n) is 12.1. The Kier molecular flexibility index (Phi) is 4.42. The zero-order valence-corrected chi connectivity index (χ0v) is 12.1. The second kappa shape index (κ2) is 6.07. The van der Waals surface area contributed by atoms with Gasteiger partial charge in [0.15, 0.2) is 0 Å². The molecule has 1 aromatic rings. The van der Waals surface area contributed by atoms with E-state index in [2.05, 4.69) is 4.98 Å². The van der Waals surface area contributed by atoms with Gasteiger partial charge in [0.1, 0.15) is 0 Å². The summed E-state index contributed by atoms with van der Waals surface area (Å²) < 4.78 is 1.63. The van der Waals surface area contributed by atoms with Gasteiger partial charge in [-0.3, -0.25) is 4.79 Å². The first-order valence-corrected chi connectivity index (χ1v) is 7.07. The number of carboxylic acid groups (broad SMARTS) is 1. The molecule has 0 radical (unpaired) electrons. The first kappa shape index (κ1) is 14.6. The van der Waals surface area contributed by atoms with E-state index < -0.39 is 5.97 Å². The van der Waals surface area contributed by atoms with Crippen molar-refractivity contribution in [1.29, 1.82) is 0 Å². The van der Waals surface area contributed by atoms with Crippen molar-refractivity contribution in [3.05, 3.63) is 27.4 Å². The third-order valence-corrected chi connectivity index (χ3v) is 3.84. The molecule has 0 aromatic carbocycles. The van der Waals surface area contributed by atoms with Crippen LogP contribution in [0.15, 0.2) is 4.79 Å². The van der Waals surface area contributed by atoms with Crippen molar-refractivity contribution < 1.29 is 9.90 Å². The Bertz CT molecular complexity index is 560. The molecular weight excluding hydrogens is 258 g/mol. The minimum atomic E-state index is -0.834. The van der Waals surface area contributed by atoms with Crippen LogP contribution in [-0.2, 0) is 11.2 Å². The Morgan fingerprint density at radius 1 is 1.25 bits per heavy atom. The fraction of sp³-hybridized carbons (Fsp3) is 0.643. The average molecular weight is 279 g/mol. The van der Waals surface area contributed by atoms with Crippen molar-refractivity contribution >= 4 is 5.97 Å². The second-order valence-corrected chi connectivity index (χ2v) is 5.26. The van der Waals surface area contributed by atoms with Crippen LogP contribution in [0.2, 0.25) is 0 Å². The molecular formula is C14H21N3O3. The largest absolute Gasteiger partial charge is 0.481 e. The molecule has 6 heteroatoms. The Morgan fingerprint density at radius 3 is 2.50 bits per heavy atom. The molecule has 20 heavy (non-hydrogen) atoms. The van der Waals surface area contributed by atoms with Gasteiger partial charge in [0.2, 0.25) is 0 Å². The van der Waals surface area contributed by atoms with Crippen LogP contribution in [0.5, 0.6) is 0 Å². The highest BCUT2D eigenvalue weighted by molar-refractivity contribution is 5.67. The summed E-state index contributed by atoms with van der Waals surface area (Å²) in [4.78, 5) is 27.0. The van der Waals surface area contributed by atoms with E-state index in [1.807, 2.05) is 11.9 Å². The molecule has 0 unspecified atom stereocenters. The van der Waals surface area contributed by atoms with Gasteiger partial charge in [0, 0.05) is 30.9 Å². The Morgan fingerprint density at radius 2 is 1.90 bits per heavy atom. The molecule has 1 aromatic heterocycles. The Labute approximate surface area is 118 Å². The second-order valence-electron chi connectivity index (χ2n) is 5.26. The van der Waals surface area contributed by atoms with Crippen molar-refractivity contribution in [2.24, 2.45) is 0 Å². The maximum atomic E-state index is 12.1. The minimum absolute atomic E-state index is 0.0571. The lowest BCUT2D eigenvalue weighted by Crippen LogP contribution is -2.47. The fourth-order valence-corrected chi connectivity index (χ4v) is 2.80. The third-order valence-electron chi connectivity index (χ3n) is 3.84. The lowest BCUT2D eigenvalue weighted by atomic mass is 10.1. The Balaban J connectivity index is 2.38. The molecule has 110 valence electrons. The lowest BCUT2D eigenvalue weighted by molar-refractivity contribution is -0.136. The highest BCUT2D eigenvalue weighted by atomic mass is 16.4. The molecule has 1 N–H and O–H groups in total. The topological polar surface area (TPSA) is 75.4 Å². The number of aliphatic carboxylic acids is 1. The van der Waals surface area contributed by atoms with Gasteiger partial charge in [-0.05, 0) is 45.1 Å². The van der Waals surface area contributed by atoms with Crippen LogP contribution in [-0.4, -0.2) is 33.8 Å². The molecule has 1 aliphatic heterocycles. The summed E-state index contributed by atoms with van der Waals surface area (Å²) in [6.07, 6.45) is 3.81. The van der Waals surface area contributed by atoms with E-state index in [9.17, 15) is 9.59 Å². The maximum Gasteiger partial charge on any atom is 0.366 e. The van der Waals surface area contributed by atoms with Gasteiger partial charge < -0.3 is 10.1 Å². The summed E-state index contributed by atoms with van der Waals surface area (Å²) >= 11 is 0. The lowest BCUT2D eigenvalue weighted by Gasteiger charge is -2.32. The van der Waals surface area contributed by atoms with Gasteiger partial charge >= 0.3 is 11.7 Å². The van der Waals surface area contributed by atoms with E-state index in [1.54, 1.807) is 11.6 Å². The molecule has 2 heterocycles. The molecule has 6 nitrogen and oxygen atoms in total. The molecule has 1 fully saturated rings. The predicted molar refractivity (Wildman–Crippen MR) is 75.7 cm³/mol. The summed E-state index contributed by atoms with van der Waals surface area (Å²) in [5, 5.41) is 10.9. The van der Waals surface area contributed by atoms with E-state index in [0.717, 1.165) is 37.2 Å². The predicted octanol–water partition coefficient (Wildman–Crippen LogP) is 0.999. The molecule has 0 spiro atoms. The summed E-state index contributed by atoms with van der Waals surface area (Å²) in [7, 11) is 0. The fourth-order valence-electron chi connectivity index (χ4n) is 2.80. The number of aromatic nitrogens is 2. The number of nitrogens with zero attached hydrogens (tertiary/aromatic N) is 3. The van der Waals surface area contributed by atoms with Crippen molar-refractivity contribution in [3.63, 3.8) is 0 Å². The SMILES string of the molecule is Cc1nc(=O)n(N2CCCCC2)c(C)c1CCC(=O)O.